The fourth-order valence-electron chi connectivity index (χ4n) is 3.19. The maximum Gasteiger partial charge on any atom is 0.148 e. The molecule has 1 atom stereocenters. The summed E-state index contributed by atoms with van der Waals surface area (Å²) in [6.45, 7) is 5.87. The molecule has 1 aromatic carbocycles. The highest BCUT2D eigenvalue weighted by Crippen LogP contribution is 2.31. The van der Waals surface area contributed by atoms with E-state index in [4.69, 9.17) is 4.98 Å². The van der Waals surface area contributed by atoms with E-state index < -0.39 is 10.8 Å². The van der Waals surface area contributed by atoms with Gasteiger partial charge in [0.05, 0.1) is 17.1 Å². The SMILES string of the molecule is CCC1(CC)CN(c2cncc(SCc3ccccc3)n2)CCS1=O. The average Bonchev–Trinajstić information content (AvgIpc) is 2.68. The smallest absolute Gasteiger partial charge is 0.148 e. The van der Waals surface area contributed by atoms with E-state index in [9.17, 15) is 4.21 Å². The highest BCUT2D eigenvalue weighted by Gasteiger charge is 2.39. The normalized spacial score (nSPS) is 19.8. The molecule has 1 unspecified atom stereocenters. The number of aromatic nitrogens is 2. The summed E-state index contributed by atoms with van der Waals surface area (Å²) in [5.74, 6) is 2.50. The molecular weight excluding hydrogens is 350 g/mol. The molecule has 2 aromatic rings. The number of rotatable bonds is 6. The van der Waals surface area contributed by atoms with Crippen molar-refractivity contribution in [3.63, 3.8) is 0 Å². The minimum Gasteiger partial charge on any atom is -0.353 e. The minimum absolute atomic E-state index is 0.118. The lowest BCUT2D eigenvalue weighted by molar-refractivity contribution is 0.493. The van der Waals surface area contributed by atoms with Crippen LogP contribution in [0.25, 0.3) is 0 Å². The monoisotopic (exact) mass is 375 g/mol. The minimum atomic E-state index is -0.760. The Kier molecular flexibility index (Phi) is 6.12. The summed E-state index contributed by atoms with van der Waals surface area (Å²) in [4.78, 5) is 11.4. The third-order valence-corrected chi connectivity index (χ3v) is 8.15. The van der Waals surface area contributed by atoms with E-state index in [0.29, 0.717) is 5.75 Å². The Morgan fingerprint density at radius 1 is 1.20 bits per heavy atom. The maximum atomic E-state index is 12.5. The van der Waals surface area contributed by atoms with Gasteiger partial charge in [-0.3, -0.25) is 9.19 Å². The van der Waals surface area contributed by atoms with Gasteiger partial charge in [-0.2, -0.15) is 0 Å². The molecule has 0 bridgehead atoms. The van der Waals surface area contributed by atoms with Crippen LogP contribution in [0.15, 0.2) is 47.8 Å². The van der Waals surface area contributed by atoms with E-state index in [2.05, 4.69) is 48.0 Å². The van der Waals surface area contributed by atoms with Crippen molar-refractivity contribution in [1.29, 1.82) is 0 Å². The van der Waals surface area contributed by atoms with Crippen LogP contribution in [0.2, 0.25) is 0 Å². The lowest BCUT2D eigenvalue weighted by Crippen LogP contribution is -2.53. The third-order valence-electron chi connectivity index (χ3n) is 4.95. The Labute approximate surface area is 156 Å². The standard InChI is InChI=1S/C19H25N3OS2/c1-3-19(4-2)15-22(10-11-25(19)23)17-12-20-13-18(21-17)24-14-16-8-6-5-7-9-16/h5-9,12-13H,3-4,10-11,14-15H2,1-2H3. The Morgan fingerprint density at radius 2 is 1.96 bits per heavy atom. The second-order valence-electron chi connectivity index (χ2n) is 6.35. The molecule has 4 nitrogen and oxygen atoms in total. The summed E-state index contributed by atoms with van der Waals surface area (Å²) in [7, 11) is -0.760. The molecule has 0 amide bonds. The number of hydrogen-bond acceptors (Lipinski definition) is 5. The van der Waals surface area contributed by atoms with Crippen LogP contribution in [-0.4, -0.2) is 37.8 Å². The van der Waals surface area contributed by atoms with E-state index in [-0.39, 0.29) is 4.75 Å². The predicted molar refractivity (Wildman–Crippen MR) is 107 cm³/mol. The molecule has 0 radical (unpaired) electrons. The lowest BCUT2D eigenvalue weighted by atomic mass is 10.0. The second-order valence-corrected chi connectivity index (χ2v) is 9.31. The van der Waals surface area contributed by atoms with Crippen molar-refractivity contribution >= 4 is 28.4 Å². The van der Waals surface area contributed by atoms with Crippen LogP contribution < -0.4 is 4.90 Å². The number of nitrogens with zero attached hydrogens (tertiary/aromatic N) is 3. The Morgan fingerprint density at radius 3 is 2.68 bits per heavy atom. The first-order chi connectivity index (χ1) is 12.2. The molecule has 1 aliphatic rings. The molecule has 1 aliphatic heterocycles. The summed E-state index contributed by atoms with van der Waals surface area (Å²) in [6.07, 6.45) is 5.52. The zero-order valence-corrected chi connectivity index (χ0v) is 16.5. The first-order valence-corrected chi connectivity index (χ1v) is 11.1. The second kappa shape index (κ2) is 8.32. The highest BCUT2D eigenvalue weighted by molar-refractivity contribution is 7.98. The number of benzene rings is 1. The molecular formula is C19H25N3OS2. The number of hydrogen-bond donors (Lipinski definition) is 0. The fraction of sp³-hybridized carbons (Fsp3) is 0.474. The first kappa shape index (κ1) is 18.4. The van der Waals surface area contributed by atoms with Crippen molar-refractivity contribution in [2.45, 2.75) is 42.2 Å². The van der Waals surface area contributed by atoms with Gasteiger partial charge in [0.15, 0.2) is 0 Å². The topological polar surface area (TPSA) is 46.1 Å². The average molecular weight is 376 g/mol. The van der Waals surface area contributed by atoms with Crippen molar-refractivity contribution in [3.05, 3.63) is 48.3 Å². The van der Waals surface area contributed by atoms with Crippen molar-refractivity contribution in [2.24, 2.45) is 0 Å². The summed E-state index contributed by atoms with van der Waals surface area (Å²) in [6, 6.07) is 10.4. The summed E-state index contributed by atoms with van der Waals surface area (Å²) in [5.41, 5.74) is 1.28. The van der Waals surface area contributed by atoms with Crippen LogP contribution in [0.5, 0.6) is 0 Å². The fourth-order valence-corrected chi connectivity index (χ4v) is 5.75. The molecule has 2 heterocycles. The summed E-state index contributed by atoms with van der Waals surface area (Å²) in [5, 5.41) is 0.937. The molecule has 6 heteroatoms. The number of anilines is 1. The van der Waals surface area contributed by atoms with Gasteiger partial charge in [-0.15, -0.1) is 11.8 Å². The molecule has 0 N–H and O–H groups in total. The van der Waals surface area contributed by atoms with Crippen LogP contribution in [0, 0.1) is 0 Å². The molecule has 0 saturated carbocycles. The van der Waals surface area contributed by atoms with Crippen LogP contribution in [0.1, 0.15) is 32.3 Å². The number of thioether (sulfide) groups is 1. The van der Waals surface area contributed by atoms with Gasteiger partial charge in [0.1, 0.15) is 10.8 Å². The van der Waals surface area contributed by atoms with Crippen LogP contribution in [0.4, 0.5) is 5.82 Å². The Bertz CT molecular complexity index is 720. The van der Waals surface area contributed by atoms with E-state index >= 15 is 0 Å². The van der Waals surface area contributed by atoms with Crippen molar-refractivity contribution in [2.75, 3.05) is 23.7 Å². The van der Waals surface area contributed by atoms with E-state index in [0.717, 1.165) is 42.5 Å². The molecule has 1 aromatic heterocycles. The van der Waals surface area contributed by atoms with Crippen LogP contribution >= 0.6 is 11.8 Å². The molecule has 25 heavy (non-hydrogen) atoms. The molecule has 1 fully saturated rings. The largest absolute Gasteiger partial charge is 0.353 e. The molecule has 1 saturated heterocycles. The molecule has 3 rings (SSSR count). The lowest BCUT2D eigenvalue weighted by Gasteiger charge is -2.41. The maximum absolute atomic E-state index is 12.5. The molecule has 0 spiro atoms. The quantitative estimate of drug-likeness (QED) is 0.717. The molecule has 0 aliphatic carbocycles. The third kappa shape index (κ3) is 4.23. The van der Waals surface area contributed by atoms with Crippen molar-refractivity contribution in [3.8, 4) is 0 Å². The zero-order valence-electron chi connectivity index (χ0n) is 14.9. The summed E-state index contributed by atoms with van der Waals surface area (Å²) < 4.78 is 12.4. The van der Waals surface area contributed by atoms with Crippen LogP contribution in [-0.2, 0) is 16.6 Å². The first-order valence-electron chi connectivity index (χ1n) is 8.79. The van der Waals surface area contributed by atoms with Gasteiger partial charge in [0.2, 0.25) is 0 Å². The summed E-state index contributed by atoms with van der Waals surface area (Å²) >= 11 is 1.70. The zero-order chi connectivity index (χ0) is 17.7. The van der Waals surface area contributed by atoms with Gasteiger partial charge in [-0.05, 0) is 18.4 Å². The van der Waals surface area contributed by atoms with Gasteiger partial charge in [0.25, 0.3) is 0 Å². The van der Waals surface area contributed by atoms with Gasteiger partial charge in [-0.1, -0.05) is 44.2 Å². The predicted octanol–water partition coefficient (Wildman–Crippen LogP) is 3.90. The van der Waals surface area contributed by atoms with E-state index in [1.807, 2.05) is 18.5 Å². The molecule has 134 valence electrons. The van der Waals surface area contributed by atoms with Crippen molar-refractivity contribution < 1.29 is 4.21 Å². The van der Waals surface area contributed by atoms with Crippen molar-refractivity contribution in [1.82, 2.24) is 9.97 Å². The van der Waals surface area contributed by atoms with Gasteiger partial charge >= 0.3 is 0 Å². The van der Waals surface area contributed by atoms with Gasteiger partial charge < -0.3 is 4.90 Å². The Balaban J connectivity index is 1.71. The van der Waals surface area contributed by atoms with Crippen LogP contribution in [0.3, 0.4) is 0 Å². The van der Waals surface area contributed by atoms with E-state index in [1.54, 1.807) is 11.8 Å². The van der Waals surface area contributed by atoms with Gasteiger partial charge in [0, 0.05) is 35.4 Å². The van der Waals surface area contributed by atoms with Gasteiger partial charge in [-0.25, -0.2) is 4.98 Å². The Hall–Kier alpha value is -1.40. The van der Waals surface area contributed by atoms with E-state index in [1.165, 1.54) is 5.56 Å². The highest BCUT2D eigenvalue weighted by atomic mass is 32.2.